The van der Waals surface area contributed by atoms with Crippen LogP contribution >= 0.6 is 0 Å². The second kappa shape index (κ2) is 7.49. The topological polar surface area (TPSA) is 77.8 Å². The van der Waals surface area contributed by atoms with Crippen LogP contribution in [0.5, 0.6) is 0 Å². The van der Waals surface area contributed by atoms with Crippen molar-refractivity contribution < 1.29 is 24.2 Å². The monoisotopic (exact) mass is 355 g/mol. The zero-order valence-electron chi connectivity index (χ0n) is 13.9. The first-order valence-electron chi connectivity index (χ1n) is 8.25. The van der Waals surface area contributed by atoms with E-state index in [9.17, 15) is 19.1 Å². The van der Waals surface area contributed by atoms with Gasteiger partial charge in [-0.15, -0.1) is 0 Å². The van der Waals surface area contributed by atoms with Gasteiger partial charge in [0.25, 0.3) is 11.7 Å². The molecule has 1 aliphatic heterocycles. The van der Waals surface area contributed by atoms with Gasteiger partial charge in [0, 0.05) is 24.3 Å². The van der Waals surface area contributed by atoms with Crippen LogP contribution in [0.1, 0.15) is 23.6 Å². The molecule has 2 N–H and O–H groups in total. The van der Waals surface area contributed by atoms with E-state index in [2.05, 4.69) is 0 Å². The van der Waals surface area contributed by atoms with Crippen LogP contribution in [0.2, 0.25) is 0 Å². The van der Waals surface area contributed by atoms with E-state index in [0.717, 1.165) is 0 Å². The van der Waals surface area contributed by atoms with E-state index in [4.69, 9.17) is 5.11 Å². The lowest BCUT2D eigenvalue weighted by atomic mass is 9.95. The van der Waals surface area contributed by atoms with Gasteiger partial charge in [-0.2, -0.15) is 0 Å². The lowest BCUT2D eigenvalue weighted by Crippen LogP contribution is -2.31. The zero-order chi connectivity index (χ0) is 18.7. The summed E-state index contributed by atoms with van der Waals surface area (Å²) in [7, 11) is 0. The molecule has 1 unspecified atom stereocenters. The molecule has 5 nitrogen and oxygen atoms in total. The van der Waals surface area contributed by atoms with E-state index >= 15 is 0 Å². The number of nitrogens with zero attached hydrogens (tertiary/aromatic N) is 1. The summed E-state index contributed by atoms with van der Waals surface area (Å²) in [5, 5.41) is 19.8. The molecule has 0 spiro atoms. The van der Waals surface area contributed by atoms with Gasteiger partial charge in [-0.25, -0.2) is 4.39 Å². The third kappa shape index (κ3) is 3.11. The molecule has 0 bridgehead atoms. The highest BCUT2D eigenvalue weighted by Gasteiger charge is 2.46. The van der Waals surface area contributed by atoms with Crippen LogP contribution in [0, 0.1) is 5.82 Å². The number of benzene rings is 2. The van der Waals surface area contributed by atoms with Crippen molar-refractivity contribution in [3.63, 3.8) is 0 Å². The Morgan fingerprint density at radius 2 is 1.69 bits per heavy atom. The molecule has 0 aromatic heterocycles. The molecule has 2 aromatic carbocycles. The number of halogens is 1. The summed E-state index contributed by atoms with van der Waals surface area (Å²) in [5.74, 6) is -2.60. The largest absolute Gasteiger partial charge is 0.507 e. The Labute approximate surface area is 150 Å². The van der Waals surface area contributed by atoms with E-state index in [1.54, 1.807) is 36.4 Å². The summed E-state index contributed by atoms with van der Waals surface area (Å²) in [6.45, 7) is -0.0999. The highest BCUT2D eigenvalue weighted by atomic mass is 19.1. The van der Waals surface area contributed by atoms with Gasteiger partial charge in [0.1, 0.15) is 11.6 Å². The molecular formula is C20H18FNO4. The number of likely N-dealkylation sites (tertiary alicyclic amines) is 1. The fourth-order valence-electron chi connectivity index (χ4n) is 3.12. The Morgan fingerprint density at radius 1 is 1.04 bits per heavy atom. The Morgan fingerprint density at radius 3 is 2.35 bits per heavy atom. The van der Waals surface area contributed by atoms with Gasteiger partial charge in [-0.3, -0.25) is 9.59 Å². The van der Waals surface area contributed by atoms with Crippen LogP contribution in [-0.4, -0.2) is 40.0 Å². The molecule has 0 aliphatic carbocycles. The maximum Gasteiger partial charge on any atom is 0.295 e. The van der Waals surface area contributed by atoms with E-state index in [0.29, 0.717) is 5.56 Å². The molecule has 1 saturated heterocycles. The van der Waals surface area contributed by atoms with Gasteiger partial charge in [0.2, 0.25) is 0 Å². The van der Waals surface area contributed by atoms with Crippen molar-refractivity contribution in [2.75, 3.05) is 13.2 Å². The maximum absolute atomic E-state index is 14.4. The van der Waals surface area contributed by atoms with Gasteiger partial charge in [-0.05, 0) is 12.5 Å². The van der Waals surface area contributed by atoms with Crippen LogP contribution in [0.15, 0.2) is 60.2 Å². The third-order valence-corrected chi connectivity index (χ3v) is 4.34. The van der Waals surface area contributed by atoms with E-state index in [1.165, 1.54) is 23.1 Å². The average Bonchev–Trinajstić information content (AvgIpc) is 2.91. The molecule has 2 aromatic rings. The van der Waals surface area contributed by atoms with Crippen LogP contribution in [-0.2, 0) is 9.59 Å². The van der Waals surface area contributed by atoms with Gasteiger partial charge in [-0.1, -0.05) is 48.5 Å². The number of hydrogen-bond donors (Lipinski definition) is 2. The minimum atomic E-state index is -1.04. The number of ketones is 1. The van der Waals surface area contributed by atoms with Crippen LogP contribution in [0.25, 0.3) is 5.76 Å². The Kier molecular flexibility index (Phi) is 5.14. The molecule has 1 atom stereocenters. The van der Waals surface area contributed by atoms with Crippen LogP contribution < -0.4 is 0 Å². The predicted octanol–water partition coefficient (Wildman–Crippen LogP) is 2.63. The van der Waals surface area contributed by atoms with Crippen molar-refractivity contribution in [3.8, 4) is 0 Å². The first kappa shape index (κ1) is 17.8. The van der Waals surface area contributed by atoms with Gasteiger partial charge in [0.15, 0.2) is 0 Å². The highest BCUT2D eigenvalue weighted by Crippen LogP contribution is 2.40. The predicted molar refractivity (Wildman–Crippen MR) is 93.6 cm³/mol. The van der Waals surface area contributed by atoms with Crippen molar-refractivity contribution in [2.24, 2.45) is 0 Å². The fourth-order valence-corrected chi connectivity index (χ4v) is 3.12. The summed E-state index contributed by atoms with van der Waals surface area (Å²) in [6.07, 6.45) is 0.239. The van der Waals surface area contributed by atoms with Crippen molar-refractivity contribution in [1.29, 1.82) is 0 Å². The summed E-state index contributed by atoms with van der Waals surface area (Å²) < 4.78 is 14.4. The van der Waals surface area contributed by atoms with E-state index in [-0.39, 0.29) is 36.5 Å². The van der Waals surface area contributed by atoms with Crippen molar-refractivity contribution >= 4 is 17.4 Å². The standard InChI is InChI=1S/C20H18FNO4/c21-15-10-5-4-9-14(15)17-16(18(24)13-7-2-1-3-8-13)19(25)20(26)22(17)11-6-12-23/h1-5,7-10,17,23-24H,6,11-12H2/b18-16+. The first-order valence-corrected chi connectivity index (χ1v) is 8.25. The smallest absolute Gasteiger partial charge is 0.295 e. The van der Waals surface area contributed by atoms with Crippen molar-refractivity contribution in [3.05, 3.63) is 77.1 Å². The maximum atomic E-state index is 14.4. The number of Topliss-reactive ketones (excluding diaryl/α,β-unsaturated/α-hetero) is 1. The molecule has 1 aliphatic rings. The molecule has 6 heteroatoms. The minimum Gasteiger partial charge on any atom is -0.507 e. The molecule has 0 radical (unpaired) electrons. The summed E-state index contributed by atoms with van der Waals surface area (Å²) in [5.41, 5.74) is 0.348. The molecule has 0 saturated carbocycles. The van der Waals surface area contributed by atoms with Crippen molar-refractivity contribution in [1.82, 2.24) is 4.90 Å². The Hall–Kier alpha value is -2.99. The first-order chi connectivity index (χ1) is 12.6. The second-order valence-electron chi connectivity index (χ2n) is 5.96. The summed E-state index contributed by atoms with van der Waals surface area (Å²) >= 11 is 0. The zero-order valence-corrected chi connectivity index (χ0v) is 13.9. The number of amides is 1. The second-order valence-corrected chi connectivity index (χ2v) is 5.96. The number of carbonyl (C=O) groups excluding carboxylic acids is 2. The number of aliphatic hydroxyl groups excluding tert-OH is 2. The highest BCUT2D eigenvalue weighted by molar-refractivity contribution is 6.46. The van der Waals surface area contributed by atoms with Crippen molar-refractivity contribution in [2.45, 2.75) is 12.5 Å². The molecule has 26 heavy (non-hydrogen) atoms. The quantitative estimate of drug-likeness (QED) is 0.491. The normalized spacial score (nSPS) is 19.2. The van der Waals surface area contributed by atoms with Crippen LogP contribution in [0.3, 0.4) is 0 Å². The lowest BCUT2D eigenvalue weighted by Gasteiger charge is -2.25. The van der Waals surface area contributed by atoms with Gasteiger partial charge in [0.05, 0.1) is 11.6 Å². The number of hydrogen-bond acceptors (Lipinski definition) is 4. The molecular weight excluding hydrogens is 337 g/mol. The lowest BCUT2D eigenvalue weighted by molar-refractivity contribution is -0.140. The number of aliphatic hydroxyl groups is 2. The van der Waals surface area contributed by atoms with Gasteiger partial charge >= 0.3 is 0 Å². The molecule has 1 fully saturated rings. The summed E-state index contributed by atoms with van der Waals surface area (Å²) in [4.78, 5) is 26.3. The Bertz CT molecular complexity index is 863. The molecule has 3 rings (SSSR count). The molecule has 1 heterocycles. The SMILES string of the molecule is O=C1C(=O)N(CCCO)C(c2ccccc2F)/C1=C(\O)c1ccccc1. The van der Waals surface area contributed by atoms with Crippen LogP contribution in [0.4, 0.5) is 4.39 Å². The van der Waals surface area contributed by atoms with Gasteiger partial charge < -0.3 is 15.1 Å². The summed E-state index contributed by atoms with van der Waals surface area (Å²) in [6, 6.07) is 13.1. The third-order valence-electron chi connectivity index (χ3n) is 4.34. The minimum absolute atomic E-state index is 0.0750. The van der Waals surface area contributed by atoms with E-state index < -0.39 is 23.5 Å². The number of rotatable bonds is 5. The molecule has 134 valence electrons. The average molecular weight is 355 g/mol. The van der Waals surface area contributed by atoms with E-state index in [1.807, 2.05) is 0 Å². The molecule has 1 amide bonds. The number of carbonyl (C=O) groups is 2. The fraction of sp³-hybridized carbons (Fsp3) is 0.200. The Balaban J connectivity index is 2.19.